The summed E-state index contributed by atoms with van der Waals surface area (Å²) in [6, 6.07) is 1.15. The summed E-state index contributed by atoms with van der Waals surface area (Å²) < 4.78 is 26.0. The highest BCUT2D eigenvalue weighted by molar-refractivity contribution is 14.1. The van der Waals surface area contributed by atoms with Crippen LogP contribution in [0, 0.1) is 15.3 Å². The highest BCUT2D eigenvalue weighted by atomic mass is 127. The fourth-order valence-corrected chi connectivity index (χ4v) is 1.68. The standard InChI is InChI=1S/C7H6F2INS/c1-2-12-7-4(8)3-5(10)6(9)11-7/h3H,2H2,1H3. The van der Waals surface area contributed by atoms with Gasteiger partial charge in [0.2, 0.25) is 5.95 Å². The van der Waals surface area contributed by atoms with Crippen molar-refractivity contribution in [3.63, 3.8) is 0 Å². The van der Waals surface area contributed by atoms with Crippen LogP contribution in [0.25, 0.3) is 0 Å². The third kappa shape index (κ3) is 2.29. The van der Waals surface area contributed by atoms with E-state index in [1.807, 2.05) is 6.92 Å². The number of pyridine rings is 1. The van der Waals surface area contributed by atoms with Crippen LogP contribution in [0.5, 0.6) is 0 Å². The molecule has 0 saturated heterocycles. The number of nitrogens with zero attached hydrogens (tertiary/aromatic N) is 1. The van der Waals surface area contributed by atoms with Crippen molar-refractivity contribution in [2.75, 3.05) is 5.75 Å². The summed E-state index contributed by atoms with van der Waals surface area (Å²) in [6.45, 7) is 1.86. The molecule has 1 aromatic rings. The molecule has 66 valence electrons. The minimum Gasteiger partial charge on any atom is -0.209 e. The summed E-state index contributed by atoms with van der Waals surface area (Å²) >= 11 is 2.90. The normalized spacial score (nSPS) is 10.3. The number of halogens is 3. The zero-order chi connectivity index (χ0) is 9.14. The first-order valence-electron chi connectivity index (χ1n) is 3.29. The second kappa shape index (κ2) is 4.36. The second-order valence-corrected chi connectivity index (χ2v) is 4.40. The number of aromatic nitrogens is 1. The van der Waals surface area contributed by atoms with Gasteiger partial charge in [0.25, 0.3) is 0 Å². The van der Waals surface area contributed by atoms with Crippen LogP contribution in [-0.2, 0) is 0 Å². The number of rotatable bonds is 2. The Hall–Kier alpha value is 0.0900. The highest BCUT2D eigenvalue weighted by Gasteiger charge is 2.08. The monoisotopic (exact) mass is 301 g/mol. The minimum atomic E-state index is -0.604. The first-order valence-corrected chi connectivity index (χ1v) is 5.36. The maximum Gasteiger partial charge on any atom is 0.227 e. The second-order valence-electron chi connectivity index (χ2n) is 1.98. The molecule has 0 amide bonds. The van der Waals surface area contributed by atoms with E-state index in [9.17, 15) is 8.78 Å². The molecule has 0 unspecified atom stereocenters. The predicted octanol–water partition coefficient (Wildman–Crippen LogP) is 3.08. The molecule has 5 heteroatoms. The first-order chi connectivity index (χ1) is 5.65. The van der Waals surface area contributed by atoms with Gasteiger partial charge >= 0.3 is 0 Å². The topological polar surface area (TPSA) is 12.9 Å². The molecule has 0 fully saturated rings. The van der Waals surface area contributed by atoms with Gasteiger partial charge in [0.15, 0.2) is 5.82 Å². The van der Waals surface area contributed by atoms with Crippen molar-refractivity contribution in [2.24, 2.45) is 0 Å². The van der Waals surface area contributed by atoms with Crippen molar-refractivity contribution in [2.45, 2.75) is 11.9 Å². The van der Waals surface area contributed by atoms with Gasteiger partial charge in [0, 0.05) is 0 Å². The van der Waals surface area contributed by atoms with Gasteiger partial charge in [-0.3, -0.25) is 0 Å². The van der Waals surface area contributed by atoms with Gasteiger partial charge in [0.1, 0.15) is 5.03 Å². The molecule has 0 aromatic carbocycles. The van der Waals surface area contributed by atoms with Crippen LogP contribution in [-0.4, -0.2) is 10.7 Å². The lowest BCUT2D eigenvalue weighted by Gasteiger charge is -2.00. The smallest absolute Gasteiger partial charge is 0.209 e. The van der Waals surface area contributed by atoms with Crippen molar-refractivity contribution in [1.82, 2.24) is 4.98 Å². The molecule has 1 nitrogen and oxygen atoms in total. The minimum absolute atomic E-state index is 0.135. The molecule has 0 saturated carbocycles. The van der Waals surface area contributed by atoms with Crippen LogP contribution in [0.3, 0.4) is 0 Å². The summed E-state index contributed by atoms with van der Waals surface area (Å²) in [6.07, 6.45) is 0. The molecule has 0 atom stereocenters. The predicted molar refractivity (Wildman–Crippen MR) is 53.3 cm³/mol. The van der Waals surface area contributed by atoms with E-state index in [1.165, 1.54) is 11.8 Å². The molecular formula is C7H6F2INS. The number of hydrogen-bond acceptors (Lipinski definition) is 2. The fraction of sp³-hybridized carbons (Fsp3) is 0.286. The lowest BCUT2D eigenvalue weighted by atomic mass is 10.5. The van der Waals surface area contributed by atoms with E-state index in [0.717, 1.165) is 6.07 Å². The fourth-order valence-electron chi connectivity index (χ4n) is 0.666. The van der Waals surface area contributed by atoms with E-state index in [2.05, 4.69) is 4.98 Å². The number of thioether (sulfide) groups is 1. The molecule has 1 rings (SSSR count). The van der Waals surface area contributed by atoms with E-state index in [1.54, 1.807) is 22.6 Å². The zero-order valence-corrected chi connectivity index (χ0v) is 9.25. The lowest BCUT2D eigenvalue weighted by molar-refractivity contribution is 0.523. The number of hydrogen-bond donors (Lipinski definition) is 0. The molecule has 1 aromatic heterocycles. The average molecular weight is 301 g/mol. The SMILES string of the molecule is CCSc1nc(F)c(I)cc1F. The van der Waals surface area contributed by atoms with Gasteiger partial charge in [-0.15, -0.1) is 11.8 Å². The summed E-state index contributed by atoms with van der Waals surface area (Å²) in [5, 5.41) is 0.135. The third-order valence-corrected chi connectivity index (χ3v) is 2.74. The quantitative estimate of drug-likeness (QED) is 0.473. The zero-order valence-electron chi connectivity index (χ0n) is 6.27. The largest absolute Gasteiger partial charge is 0.227 e. The molecule has 0 radical (unpaired) electrons. The van der Waals surface area contributed by atoms with E-state index >= 15 is 0 Å². The van der Waals surface area contributed by atoms with Gasteiger partial charge in [-0.25, -0.2) is 9.37 Å². The van der Waals surface area contributed by atoms with Crippen molar-refractivity contribution in [3.8, 4) is 0 Å². The van der Waals surface area contributed by atoms with Gasteiger partial charge in [-0.1, -0.05) is 6.92 Å². The summed E-state index contributed by atoms with van der Waals surface area (Å²) in [7, 11) is 0. The van der Waals surface area contributed by atoms with Gasteiger partial charge in [-0.05, 0) is 34.4 Å². The Morgan fingerprint density at radius 1 is 1.58 bits per heavy atom. The average Bonchev–Trinajstić information content (AvgIpc) is 2.01. The van der Waals surface area contributed by atoms with E-state index in [-0.39, 0.29) is 8.60 Å². The summed E-state index contributed by atoms with van der Waals surface area (Å²) in [5.74, 6) is -0.371. The maximum absolute atomic E-state index is 13.0. The summed E-state index contributed by atoms with van der Waals surface area (Å²) in [5.41, 5.74) is 0. The Morgan fingerprint density at radius 2 is 2.25 bits per heavy atom. The first kappa shape index (κ1) is 10.2. The molecule has 0 N–H and O–H groups in total. The molecule has 0 spiro atoms. The molecular weight excluding hydrogens is 295 g/mol. The molecule has 0 aliphatic heterocycles. The van der Waals surface area contributed by atoms with Gasteiger partial charge < -0.3 is 0 Å². The van der Waals surface area contributed by atoms with E-state index in [4.69, 9.17) is 0 Å². The Balaban J connectivity index is 3.05. The van der Waals surface area contributed by atoms with Crippen molar-refractivity contribution >= 4 is 34.4 Å². The van der Waals surface area contributed by atoms with Crippen LogP contribution in [0.1, 0.15) is 6.92 Å². The Morgan fingerprint density at radius 3 is 2.83 bits per heavy atom. The Bertz CT molecular complexity index is 293. The van der Waals surface area contributed by atoms with Crippen LogP contribution in [0.2, 0.25) is 0 Å². The maximum atomic E-state index is 13.0. The summed E-state index contributed by atoms with van der Waals surface area (Å²) in [4.78, 5) is 3.48. The van der Waals surface area contributed by atoms with Crippen molar-refractivity contribution < 1.29 is 8.78 Å². The lowest BCUT2D eigenvalue weighted by Crippen LogP contribution is -1.94. The molecule has 0 aliphatic rings. The van der Waals surface area contributed by atoms with Crippen LogP contribution >= 0.6 is 34.4 Å². The van der Waals surface area contributed by atoms with Gasteiger partial charge in [0.05, 0.1) is 3.57 Å². The molecule has 12 heavy (non-hydrogen) atoms. The highest BCUT2D eigenvalue weighted by Crippen LogP contribution is 2.21. The van der Waals surface area contributed by atoms with Crippen LogP contribution in [0.15, 0.2) is 11.1 Å². The third-order valence-electron chi connectivity index (χ3n) is 1.14. The molecule has 0 bridgehead atoms. The van der Waals surface area contributed by atoms with Crippen molar-refractivity contribution in [1.29, 1.82) is 0 Å². The van der Waals surface area contributed by atoms with Crippen molar-refractivity contribution in [3.05, 3.63) is 21.4 Å². The molecule has 1 heterocycles. The Labute approximate surface area is 87.1 Å². The van der Waals surface area contributed by atoms with Crippen LogP contribution < -0.4 is 0 Å². The Kier molecular flexibility index (Phi) is 3.70. The van der Waals surface area contributed by atoms with Gasteiger partial charge in [-0.2, -0.15) is 4.39 Å². The van der Waals surface area contributed by atoms with E-state index in [0.29, 0.717) is 5.75 Å². The van der Waals surface area contributed by atoms with E-state index < -0.39 is 11.8 Å². The molecule has 0 aliphatic carbocycles. The van der Waals surface area contributed by atoms with Crippen LogP contribution in [0.4, 0.5) is 8.78 Å².